The van der Waals surface area contributed by atoms with Crippen LogP contribution in [0.2, 0.25) is 0 Å². The molecule has 0 aliphatic rings. The van der Waals surface area contributed by atoms with Gasteiger partial charge in [0.2, 0.25) is 0 Å². The van der Waals surface area contributed by atoms with Crippen LogP contribution in [0.1, 0.15) is 34.6 Å². The van der Waals surface area contributed by atoms with Gasteiger partial charge in [-0.15, -0.1) is 0 Å². The number of aryl methyl sites for hydroxylation is 1. The average Bonchev–Trinajstić information content (AvgIpc) is 3.39. The fourth-order valence-corrected chi connectivity index (χ4v) is 3.17. The quantitative estimate of drug-likeness (QED) is 0.541. The number of para-hydroxylation sites is 1. The molecule has 5 nitrogen and oxygen atoms in total. The highest BCUT2D eigenvalue weighted by Crippen LogP contribution is 2.27. The summed E-state index contributed by atoms with van der Waals surface area (Å²) >= 11 is 0. The number of amides is 1. The molecule has 0 fully saturated rings. The Morgan fingerprint density at radius 1 is 1.04 bits per heavy atom. The van der Waals surface area contributed by atoms with Crippen molar-refractivity contribution in [2.45, 2.75) is 19.9 Å². The number of aromatic nitrogens is 2. The van der Waals surface area contributed by atoms with Crippen molar-refractivity contribution >= 4 is 5.91 Å². The molecular weight excluding hydrogens is 350 g/mol. The smallest absolute Gasteiger partial charge is 0.255 e. The Morgan fingerprint density at radius 3 is 2.50 bits per heavy atom. The van der Waals surface area contributed by atoms with Gasteiger partial charge in [-0.05, 0) is 43.7 Å². The van der Waals surface area contributed by atoms with Crippen molar-refractivity contribution in [3.8, 4) is 16.9 Å². The van der Waals surface area contributed by atoms with Gasteiger partial charge in [-0.2, -0.15) is 5.10 Å². The first-order chi connectivity index (χ1) is 13.6. The molecule has 0 spiro atoms. The molecule has 0 aliphatic carbocycles. The van der Waals surface area contributed by atoms with E-state index in [1.54, 1.807) is 17.1 Å². The second-order valence-electron chi connectivity index (χ2n) is 6.70. The topological polar surface area (TPSA) is 60.1 Å². The average molecular weight is 371 g/mol. The van der Waals surface area contributed by atoms with Crippen molar-refractivity contribution in [1.82, 2.24) is 15.1 Å². The van der Waals surface area contributed by atoms with Gasteiger partial charge >= 0.3 is 0 Å². The van der Waals surface area contributed by atoms with Crippen LogP contribution < -0.4 is 5.32 Å². The highest BCUT2D eigenvalue weighted by Gasteiger charge is 2.22. The van der Waals surface area contributed by atoms with Crippen LogP contribution in [0, 0.1) is 6.92 Å². The summed E-state index contributed by atoms with van der Waals surface area (Å²) in [7, 11) is 0. The zero-order chi connectivity index (χ0) is 19.5. The van der Waals surface area contributed by atoms with E-state index in [2.05, 4.69) is 5.32 Å². The van der Waals surface area contributed by atoms with Gasteiger partial charge in [-0.1, -0.05) is 42.5 Å². The molecule has 28 heavy (non-hydrogen) atoms. The summed E-state index contributed by atoms with van der Waals surface area (Å²) in [5.41, 5.74) is 4.08. The lowest BCUT2D eigenvalue weighted by Gasteiger charge is -2.11. The molecule has 1 atom stereocenters. The second kappa shape index (κ2) is 7.56. The second-order valence-corrected chi connectivity index (χ2v) is 6.70. The first-order valence-electron chi connectivity index (χ1n) is 9.19. The Morgan fingerprint density at radius 2 is 1.79 bits per heavy atom. The van der Waals surface area contributed by atoms with Crippen LogP contribution >= 0.6 is 0 Å². The molecule has 2 aromatic heterocycles. The van der Waals surface area contributed by atoms with E-state index < -0.39 is 0 Å². The molecule has 0 radical (unpaired) electrons. The third-order valence-corrected chi connectivity index (χ3v) is 4.70. The van der Waals surface area contributed by atoms with Crippen LogP contribution in [0.25, 0.3) is 16.9 Å². The molecule has 0 unspecified atom stereocenters. The first-order valence-corrected chi connectivity index (χ1v) is 9.19. The summed E-state index contributed by atoms with van der Waals surface area (Å²) in [6, 6.07) is 21.1. The van der Waals surface area contributed by atoms with Gasteiger partial charge in [0.1, 0.15) is 11.5 Å². The van der Waals surface area contributed by atoms with E-state index in [0.29, 0.717) is 17.0 Å². The predicted molar refractivity (Wildman–Crippen MR) is 108 cm³/mol. The lowest BCUT2D eigenvalue weighted by molar-refractivity contribution is 0.0936. The lowest BCUT2D eigenvalue weighted by Crippen LogP contribution is -2.26. The molecule has 1 N–H and O–H groups in total. The molecule has 140 valence electrons. The maximum absolute atomic E-state index is 13.1. The van der Waals surface area contributed by atoms with E-state index in [9.17, 15) is 4.79 Å². The SMILES string of the molecule is Cc1ccccc1-c1nn(-c2ccccc2)cc1C(=O)N[C@H](C)c1ccco1. The molecule has 0 bridgehead atoms. The highest BCUT2D eigenvalue weighted by atomic mass is 16.3. The molecule has 0 saturated heterocycles. The molecule has 0 aliphatic heterocycles. The summed E-state index contributed by atoms with van der Waals surface area (Å²) in [6.07, 6.45) is 3.38. The van der Waals surface area contributed by atoms with E-state index in [-0.39, 0.29) is 11.9 Å². The monoisotopic (exact) mass is 371 g/mol. The third-order valence-electron chi connectivity index (χ3n) is 4.70. The van der Waals surface area contributed by atoms with E-state index in [1.807, 2.05) is 80.6 Å². The number of nitrogens with one attached hydrogen (secondary N) is 1. The number of furan rings is 1. The fourth-order valence-electron chi connectivity index (χ4n) is 3.17. The van der Waals surface area contributed by atoms with Crippen molar-refractivity contribution in [2.75, 3.05) is 0 Å². The highest BCUT2D eigenvalue weighted by molar-refractivity contribution is 6.00. The van der Waals surface area contributed by atoms with Gasteiger partial charge in [0.15, 0.2) is 0 Å². The number of carbonyl (C=O) groups is 1. The van der Waals surface area contributed by atoms with Crippen molar-refractivity contribution in [3.05, 3.63) is 96.1 Å². The van der Waals surface area contributed by atoms with Crippen LogP contribution in [0.4, 0.5) is 0 Å². The van der Waals surface area contributed by atoms with Crippen molar-refractivity contribution in [2.24, 2.45) is 0 Å². The lowest BCUT2D eigenvalue weighted by atomic mass is 10.0. The molecule has 0 saturated carbocycles. The van der Waals surface area contributed by atoms with Crippen molar-refractivity contribution in [1.29, 1.82) is 0 Å². The Balaban J connectivity index is 1.75. The zero-order valence-electron chi connectivity index (χ0n) is 15.8. The normalized spacial score (nSPS) is 11.9. The summed E-state index contributed by atoms with van der Waals surface area (Å²) in [5.74, 6) is 0.519. The third kappa shape index (κ3) is 3.47. The first kappa shape index (κ1) is 17.8. The Kier molecular flexibility index (Phi) is 4.81. The van der Waals surface area contributed by atoms with Crippen LogP contribution in [0.3, 0.4) is 0 Å². The number of hydrogen-bond donors (Lipinski definition) is 1. The maximum Gasteiger partial charge on any atom is 0.255 e. The largest absolute Gasteiger partial charge is 0.467 e. The van der Waals surface area contributed by atoms with E-state index in [0.717, 1.165) is 16.8 Å². The molecular formula is C23H21N3O2. The van der Waals surface area contributed by atoms with E-state index in [1.165, 1.54) is 0 Å². The predicted octanol–water partition coefficient (Wildman–Crippen LogP) is 4.93. The Labute approximate surface area is 163 Å². The van der Waals surface area contributed by atoms with Gasteiger partial charge in [0.05, 0.1) is 23.6 Å². The molecule has 4 rings (SSSR count). The summed E-state index contributed by atoms with van der Waals surface area (Å²) < 4.78 is 7.15. The summed E-state index contributed by atoms with van der Waals surface area (Å²) in [6.45, 7) is 3.91. The molecule has 2 aromatic carbocycles. The Bertz CT molecular complexity index is 1080. The standard InChI is InChI=1S/C23H21N3O2/c1-16-9-6-7-12-19(16)22-20(15-26(25-22)18-10-4-3-5-11-18)23(27)24-17(2)21-13-8-14-28-21/h3-15,17H,1-2H3,(H,24,27)/t17-/m1/s1. The minimum absolute atomic E-state index is 0.190. The summed E-state index contributed by atoms with van der Waals surface area (Å²) in [4.78, 5) is 13.1. The van der Waals surface area contributed by atoms with E-state index >= 15 is 0 Å². The molecule has 4 aromatic rings. The van der Waals surface area contributed by atoms with E-state index in [4.69, 9.17) is 9.52 Å². The minimum atomic E-state index is -0.243. The molecule has 2 heterocycles. The van der Waals surface area contributed by atoms with Gasteiger partial charge in [0, 0.05) is 11.8 Å². The van der Waals surface area contributed by atoms with Crippen LogP contribution in [0.5, 0.6) is 0 Å². The van der Waals surface area contributed by atoms with Gasteiger partial charge in [0.25, 0.3) is 5.91 Å². The zero-order valence-corrected chi connectivity index (χ0v) is 15.8. The molecule has 5 heteroatoms. The van der Waals surface area contributed by atoms with Crippen LogP contribution in [0.15, 0.2) is 83.6 Å². The molecule has 1 amide bonds. The summed E-state index contributed by atoms with van der Waals surface area (Å²) in [5, 5.41) is 7.74. The van der Waals surface area contributed by atoms with Crippen molar-refractivity contribution < 1.29 is 9.21 Å². The van der Waals surface area contributed by atoms with Crippen LogP contribution in [-0.2, 0) is 0 Å². The number of hydrogen-bond acceptors (Lipinski definition) is 3. The maximum atomic E-state index is 13.1. The minimum Gasteiger partial charge on any atom is -0.467 e. The number of rotatable bonds is 5. The van der Waals surface area contributed by atoms with Gasteiger partial charge in [-0.3, -0.25) is 4.79 Å². The van der Waals surface area contributed by atoms with Gasteiger partial charge in [-0.25, -0.2) is 4.68 Å². The van der Waals surface area contributed by atoms with Crippen LogP contribution in [-0.4, -0.2) is 15.7 Å². The number of carbonyl (C=O) groups excluding carboxylic acids is 1. The van der Waals surface area contributed by atoms with Gasteiger partial charge < -0.3 is 9.73 Å². The number of benzene rings is 2. The number of nitrogens with zero attached hydrogens (tertiary/aromatic N) is 2. The Hall–Kier alpha value is -3.60. The van der Waals surface area contributed by atoms with Crippen molar-refractivity contribution in [3.63, 3.8) is 0 Å². The fraction of sp³-hybridized carbons (Fsp3) is 0.130.